The number of amides is 1. The predicted octanol–water partition coefficient (Wildman–Crippen LogP) is 5.02. The minimum atomic E-state index is -0.401. The van der Waals surface area contributed by atoms with Crippen LogP contribution in [0.25, 0.3) is 11.1 Å². The lowest BCUT2D eigenvalue weighted by Crippen LogP contribution is -2.27. The molecular formula is C21H22ClN3O3. The minimum Gasteiger partial charge on any atom is -0.442 e. The van der Waals surface area contributed by atoms with E-state index in [0.717, 1.165) is 31.2 Å². The summed E-state index contributed by atoms with van der Waals surface area (Å²) < 4.78 is 7.29. The van der Waals surface area contributed by atoms with Gasteiger partial charge in [0.25, 0.3) is 11.5 Å². The molecule has 1 aromatic carbocycles. The summed E-state index contributed by atoms with van der Waals surface area (Å²) in [6.07, 6.45) is 6.84. The van der Waals surface area contributed by atoms with Crippen molar-refractivity contribution in [1.82, 2.24) is 9.55 Å². The molecule has 2 heterocycles. The van der Waals surface area contributed by atoms with Gasteiger partial charge in [0, 0.05) is 16.8 Å². The first kappa shape index (κ1) is 18.7. The molecule has 6 nitrogen and oxygen atoms in total. The number of aryl methyl sites for hydroxylation is 1. The van der Waals surface area contributed by atoms with E-state index >= 15 is 0 Å². The Morgan fingerprint density at radius 3 is 2.75 bits per heavy atom. The summed E-state index contributed by atoms with van der Waals surface area (Å²) in [5.41, 5.74) is 1.57. The summed E-state index contributed by atoms with van der Waals surface area (Å²) in [5, 5.41) is 3.65. The molecular weight excluding hydrogens is 378 g/mol. The molecule has 7 heteroatoms. The van der Waals surface area contributed by atoms with Gasteiger partial charge in [-0.1, -0.05) is 36.9 Å². The Morgan fingerprint density at radius 1 is 1.25 bits per heavy atom. The van der Waals surface area contributed by atoms with Crippen molar-refractivity contribution in [2.75, 3.05) is 5.32 Å². The van der Waals surface area contributed by atoms with E-state index in [2.05, 4.69) is 10.3 Å². The average molecular weight is 400 g/mol. The third kappa shape index (κ3) is 3.22. The van der Waals surface area contributed by atoms with Crippen LogP contribution >= 0.6 is 11.6 Å². The molecule has 2 aromatic heterocycles. The van der Waals surface area contributed by atoms with Crippen LogP contribution in [0, 0.1) is 13.8 Å². The maximum atomic E-state index is 13.2. The molecule has 0 unspecified atom stereocenters. The summed E-state index contributed by atoms with van der Waals surface area (Å²) in [5.74, 6) is -0.0277. The Morgan fingerprint density at radius 2 is 2.00 bits per heavy atom. The number of fused-ring (bicyclic) bond motifs is 1. The molecule has 3 aromatic rings. The van der Waals surface area contributed by atoms with Crippen molar-refractivity contribution in [2.45, 2.75) is 52.0 Å². The topological polar surface area (TPSA) is 77.1 Å². The van der Waals surface area contributed by atoms with Gasteiger partial charge in [0.15, 0.2) is 0 Å². The van der Waals surface area contributed by atoms with Gasteiger partial charge in [0.2, 0.25) is 5.71 Å². The van der Waals surface area contributed by atoms with Gasteiger partial charge >= 0.3 is 0 Å². The van der Waals surface area contributed by atoms with Gasteiger partial charge < -0.3 is 9.73 Å². The van der Waals surface area contributed by atoms with Crippen LogP contribution in [0.1, 0.15) is 59.8 Å². The molecule has 146 valence electrons. The highest BCUT2D eigenvalue weighted by atomic mass is 35.5. The van der Waals surface area contributed by atoms with Crippen molar-refractivity contribution in [3.05, 3.63) is 56.8 Å². The summed E-state index contributed by atoms with van der Waals surface area (Å²) >= 11 is 6.15. The highest BCUT2D eigenvalue weighted by Crippen LogP contribution is 2.29. The smallest absolute Gasteiger partial charge is 0.265 e. The van der Waals surface area contributed by atoms with Crippen LogP contribution in [-0.2, 0) is 0 Å². The van der Waals surface area contributed by atoms with Crippen LogP contribution in [-0.4, -0.2) is 15.5 Å². The lowest BCUT2D eigenvalue weighted by atomic mass is 9.95. The van der Waals surface area contributed by atoms with Gasteiger partial charge in [-0.25, -0.2) is 4.98 Å². The second kappa shape index (κ2) is 7.43. The van der Waals surface area contributed by atoms with E-state index in [-0.39, 0.29) is 28.3 Å². The molecule has 4 rings (SSSR count). The summed E-state index contributed by atoms with van der Waals surface area (Å²) in [6, 6.07) is 5.43. The zero-order valence-electron chi connectivity index (χ0n) is 15.9. The van der Waals surface area contributed by atoms with E-state index < -0.39 is 5.91 Å². The Hall–Kier alpha value is -2.60. The Labute approximate surface area is 167 Å². The number of carbonyl (C=O) groups excluding carboxylic acids is 1. The van der Waals surface area contributed by atoms with Crippen LogP contribution in [0.2, 0.25) is 5.02 Å². The molecule has 1 aliphatic rings. The Bertz CT molecular complexity index is 1110. The number of benzene rings is 1. The van der Waals surface area contributed by atoms with E-state index in [0.29, 0.717) is 16.5 Å². The fourth-order valence-corrected chi connectivity index (χ4v) is 4.11. The van der Waals surface area contributed by atoms with Gasteiger partial charge in [-0.2, -0.15) is 0 Å². The van der Waals surface area contributed by atoms with Gasteiger partial charge in [-0.15, -0.1) is 0 Å². The number of aromatic nitrogens is 2. The monoisotopic (exact) mass is 399 g/mol. The standard InChI is InChI=1S/C21H22ClN3O3/c1-12-15(22)9-6-10-16(12)24-19(26)17-13(2)28-20-18(17)21(27)25(11-23-20)14-7-4-3-5-8-14/h6,9-11,14H,3-5,7-8H2,1-2H3,(H,24,26). The molecule has 1 saturated carbocycles. The molecule has 0 radical (unpaired) electrons. The number of halogens is 1. The largest absolute Gasteiger partial charge is 0.442 e. The van der Waals surface area contributed by atoms with Crippen molar-refractivity contribution < 1.29 is 9.21 Å². The minimum absolute atomic E-state index is 0.124. The lowest BCUT2D eigenvalue weighted by molar-refractivity contribution is 0.102. The fraction of sp³-hybridized carbons (Fsp3) is 0.381. The quantitative estimate of drug-likeness (QED) is 0.671. The lowest BCUT2D eigenvalue weighted by Gasteiger charge is -2.23. The zero-order valence-corrected chi connectivity index (χ0v) is 16.7. The number of nitrogens with one attached hydrogen (secondary N) is 1. The van der Waals surface area contributed by atoms with Crippen molar-refractivity contribution in [3.63, 3.8) is 0 Å². The third-order valence-electron chi connectivity index (χ3n) is 5.52. The molecule has 1 amide bonds. The Balaban J connectivity index is 1.77. The van der Waals surface area contributed by atoms with Gasteiger partial charge in [-0.3, -0.25) is 14.2 Å². The first-order chi connectivity index (χ1) is 13.5. The number of rotatable bonds is 3. The summed E-state index contributed by atoms with van der Waals surface area (Å²) in [6.45, 7) is 3.50. The van der Waals surface area contributed by atoms with Crippen molar-refractivity contribution in [1.29, 1.82) is 0 Å². The molecule has 0 atom stereocenters. The fourth-order valence-electron chi connectivity index (χ4n) is 3.94. The zero-order chi connectivity index (χ0) is 19.8. The molecule has 1 fully saturated rings. The van der Waals surface area contributed by atoms with E-state index in [1.807, 2.05) is 6.92 Å². The molecule has 0 aliphatic heterocycles. The maximum absolute atomic E-state index is 13.2. The number of hydrogen-bond donors (Lipinski definition) is 1. The molecule has 1 N–H and O–H groups in total. The number of hydrogen-bond acceptors (Lipinski definition) is 4. The van der Waals surface area contributed by atoms with Crippen LogP contribution in [0.4, 0.5) is 5.69 Å². The third-order valence-corrected chi connectivity index (χ3v) is 5.93. The van der Waals surface area contributed by atoms with E-state index in [1.54, 1.807) is 36.0 Å². The van der Waals surface area contributed by atoms with Crippen molar-refractivity contribution in [3.8, 4) is 0 Å². The molecule has 1 aliphatic carbocycles. The van der Waals surface area contributed by atoms with Gasteiger partial charge in [0.1, 0.15) is 17.5 Å². The number of furan rings is 1. The second-order valence-corrected chi connectivity index (χ2v) is 7.74. The normalized spacial score (nSPS) is 15.1. The highest BCUT2D eigenvalue weighted by Gasteiger charge is 2.25. The van der Waals surface area contributed by atoms with Crippen LogP contribution in [0.5, 0.6) is 0 Å². The van der Waals surface area contributed by atoms with Crippen LogP contribution in [0.15, 0.2) is 33.7 Å². The van der Waals surface area contributed by atoms with Crippen LogP contribution < -0.4 is 10.9 Å². The number of anilines is 1. The molecule has 0 bridgehead atoms. The second-order valence-electron chi connectivity index (χ2n) is 7.33. The van der Waals surface area contributed by atoms with Crippen molar-refractivity contribution >= 4 is 34.3 Å². The SMILES string of the molecule is Cc1oc2ncn(C3CCCCC3)c(=O)c2c1C(=O)Nc1cccc(Cl)c1C. The number of carbonyl (C=O) groups is 1. The summed E-state index contributed by atoms with van der Waals surface area (Å²) in [7, 11) is 0. The first-order valence-corrected chi connectivity index (χ1v) is 9.92. The van der Waals surface area contributed by atoms with E-state index in [1.165, 1.54) is 6.42 Å². The van der Waals surface area contributed by atoms with Crippen LogP contribution in [0.3, 0.4) is 0 Å². The highest BCUT2D eigenvalue weighted by molar-refractivity contribution is 6.31. The van der Waals surface area contributed by atoms with Crippen molar-refractivity contribution in [2.24, 2.45) is 0 Å². The maximum Gasteiger partial charge on any atom is 0.265 e. The Kier molecular flexibility index (Phi) is 4.98. The number of nitrogens with zero attached hydrogens (tertiary/aromatic N) is 2. The summed E-state index contributed by atoms with van der Waals surface area (Å²) in [4.78, 5) is 30.5. The molecule has 28 heavy (non-hydrogen) atoms. The predicted molar refractivity (Wildman–Crippen MR) is 109 cm³/mol. The molecule has 0 saturated heterocycles. The van der Waals surface area contributed by atoms with Gasteiger partial charge in [0.05, 0.1) is 5.56 Å². The van der Waals surface area contributed by atoms with E-state index in [9.17, 15) is 9.59 Å². The average Bonchev–Trinajstić information content (AvgIpc) is 3.03. The molecule has 0 spiro atoms. The van der Waals surface area contributed by atoms with E-state index in [4.69, 9.17) is 16.0 Å². The van der Waals surface area contributed by atoms with Gasteiger partial charge in [-0.05, 0) is 44.4 Å². The first-order valence-electron chi connectivity index (χ1n) is 9.54.